The third-order valence-electron chi connectivity index (χ3n) is 9.35. The van der Waals surface area contributed by atoms with Crippen molar-refractivity contribution in [2.24, 2.45) is 5.73 Å². The number of fused-ring (bicyclic) bond motifs is 1. The van der Waals surface area contributed by atoms with Crippen molar-refractivity contribution in [1.82, 2.24) is 30.2 Å². The van der Waals surface area contributed by atoms with Crippen molar-refractivity contribution in [2.75, 3.05) is 45.9 Å². The van der Waals surface area contributed by atoms with Crippen LogP contribution in [0.15, 0.2) is 42.5 Å². The highest BCUT2D eigenvalue weighted by molar-refractivity contribution is 6.34. The van der Waals surface area contributed by atoms with Crippen LogP contribution in [0, 0.1) is 11.8 Å². The number of primary amides is 1. The van der Waals surface area contributed by atoms with Gasteiger partial charge in [0.1, 0.15) is 0 Å². The number of benzene rings is 2. The van der Waals surface area contributed by atoms with E-state index in [1.807, 2.05) is 28.9 Å². The molecule has 3 aliphatic heterocycles. The second-order valence-electron chi connectivity index (χ2n) is 12.7. The number of carbonyl (C=O) groups excluding carboxylic acids is 3. The number of aryl methyl sites for hydroxylation is 1. The SMILES string of the molecule is C[C@H]1COCCN1CCCn1nc(-c2ccc(Cl)c(C#Cc3ccc(C(=O)NC[C@@H]4CCCN4)cc3)c2)c2c1CCN(C(=O)C(N)=O)C2. The van der Waals surface area contributed by atoms with E-state index in [1.165, 1.54) is 4.90 Å². The zero-order valence-electron chi connectivity index (χ0n) is 27.3. The van der Waals surface area contributed by atoms with Gasteiger partial charge in [-0.1, -0.05) is 29.5 Å². The fourth-order valence-corrected chi connectivity index (χ4v) is 6.78. The number of nitrogens with one attached hydrogen (secondary N) is 2. The maximum atomic E-state index is 12.6. The summed E-state index contributed by atoms with van der Waals surface area (Å²) in [6.07, 6.45) is 3.70. The molecule has 1 aromatic heterocycles. The van der Waals surface area contributed by atoms with E-state index in [2.05, 4.69) is 34.3 Å². The number of aromatic nitrogens is 2. The van der Waals surface area contributed by atoms with Crippen LogP contribution in [-0.4, -0.2) is 95.3 Å². The van der Waals surface area contributed by atoms with Gasteiger partial charge < -0.3 is 26.0 Å². The molecule has 0 spiro atoms. The Morgan fingerprint density at radius 1 is 1.12 bits per heavy atom. The lowest BCUT2D eigenvalue weighted by Gasteiger charge is -2.33. The Balaban J connectivity index is 1.21. The van der Waals surface area contributed by atoms with Crippen LogP contribution in [-0.2, 0) is 33.8 Å². The number of nitrogens with two attached hydrogens (primary N) is 1. The molecule has 11 nitrogen and oxygen atoms in total. The number of carbonyl (C=O) groups is 3. The first-order valence-corrected chi connectivity index (χ1v) is 17.1. The molecule has 4 heterocycles. The van der Waals surface area contributed by atoms with Gasteiger partial charge in [-0.2, -0.15) is 5.10 Å². The summed E-state index contributed by atoms with van der Waals surface area (Å²) in [5.41, 5.74) is 10.8. The molecule has 0 bridgehead atoms. The number of hydrogen-bond donors (Lipinski definition) is 3. The van der Waals surface area contributed by atoms with Crippen molar-refractivity contribution < 1.29 is 19.1 Å². The van der Waals surface area contributed by atoms with Crippen molar-refractivity contribution >= 4 is 29.3 Å². The smallest absolute Gasteiger partial charge is 0.311 e. The van der Waals surface area contributed by atoms with E-state index in [0.29, 0.717) is 47.7 Å². The highest BCUT2D eigenvalue weighted by atomic mass is 35.5. The molecule has 2 aromatic carbocycles. The molecule has 6 rings (SSSR count). The molecule has 0 unspecified atom stereocenters. The van der Waals surface area contributed by atoms with Gasteiger partial charge in [0.15, 0.2) is 0 Å². The molecule has 2 saturated heterocycles. The Morgan fingerprint density at radius 3 is 2.71 bits per heavy atom. The fourth-order valence-electron chi connectivity index (χ4n) is 6.62. The van der Waals surface area contributed by atoms with Crippen LogP contribution in [0.2, 0.25) is 5.02 Å². The number of hydrogen-bond acceptors (Lipinski definition) is 7. The van der Waals surface area contributed by atoms with Gasteiger partial charge in [-0.05, 0) is 69.1 Å². The minimum absolute atomic E-state index is 0.103. The van der Waals surface area contributed by atoms with Gasteiger partial charge >= 0.3 is 11.8 Å². The largest absolute Gasteiger partial charge is 0.379 e. The first-order chi connectivity index (χ1) is 23.3. The summed E-state index contributed by atoms with van der Waals surface area (Å²) in [5.74, 6) is 4.59. The van der Waals surface area contributed by atoms with Gasteiger partial charge in [0.25, 0.3) is 5.91 Å². The van der Waals surface area contributed by atoms with Gasteiger partial charge in [0.2, 0.25) is 0 Å². The van der Waals surface area contributed by atoms with Crippen molar-refractivity contribution in [1.29, 1.82) is 0 Å². The lowest BCUT2D eigenvalue weighted by Crippen LogP contribution is -2.44. The maximum absolute atomic E-state index is 12.6. The molecule has 2 atom stereocenters. The highest BCUT2D eigenvalue weighted by Gasteiger charge is 2.30. The third kappa shape index (κ3) is 7.90. The number of ether oxygens (including phenoxy) is 1. The van der Waals surface area contributed by atoms with Crippen LogP contribution in [0.1, 0.15) is 58.9 Å². The summed E-state index contributed by atoms with van der Waals surface area (Å²) in [7, 11) is 0. The zero-order valence-corrected chi connectivity index (χ0v) is 28.0. The molecule has 12 heteroatoms. The summed E-state index contributed by atoms with van der Waals surface area (Å²) < 4.78 is 7.63. The number of nitrogens with zero attached hydrogens (tertiary/aromatic N) is 4. The van der Waals surface area contributed by atoms with Gasteiger partial charge in [0, 0.05) is 84.7 Å². The highest BCUT2D eigenvalue weighted by Crippen LogP contribution is 2.32. The molecule has 48 heavy (non-hydrogen) atoms. The van der Waals surface area contributed by atoms with Crippen LogP contribution in [0.25, 0.3) is 11.3 Å². The van der Waals surface area contributed by atoms with E-state index in [9.17, 15) is 14.4 Å². The lowest BCUT2D eigenvalue weighted by molar-refractivity contribution is -0.144. The van der Waals surface area contributed by atoms with E-state index >= 15 is 0 Å². The summed E-state index contributed by atoms with van der Waals surface area (Å²) in [6.45, 7) is 8.51. The van der Waals surface area contributed by atoms with E-state index < -0.39 is 11.8 Å². The Bertz CT molecular complexity index is 1720. The topological polar surface area (TPSA) is 135 Å². The monoisotopic (exact) mass is 671 g/mol. The molecule has 4 N–H and O–H groups in total. The zero-order chi connectivity index (χ0) is 33.6. The Hall–Kier alpha value is -4.21. The predicted molar refractivity (Wildman–Crippen MR) is 183 cm³/mol. The van der Waals surface area contributed by atoms with E-state index in [1.54, 1.807) is 18.2 Å². The third-order valence-corrected chi connectivity index (χ3v) is 9.68. The van der Waals surface area contributed by atoms with Crippen LogP contribution in [0.5, 0.6) is 0 Å². The average molecular weight is 672 g/mol. The predicted octanol–water partition coefficient (Wildman–Crippen LogP) is 2.57. The minimum atomic E-state index is -0.967. The van der Waals surface area contributed by atoms with Crippen molar-refractivity contribution in [3.05, 3.63) is 75.4 Å². The second kappa shape index (κ2) is 15.3. The van der Waals surface area contributed by atoms with Crippen molar-refractivity contribution in [3.8, 4) is 23.1 Å². The van der Waals surface area contributed by atoms with Gasteiger partial charge in [0.05, 0.1) is 30.5 Å². The number of halogens is 1. The van der Waals surface area contributed by atoms with Crippen LogP contribution < -0.4 is 16.4 Å². The molecule has 252 valence electrons. The first-order valence-electron chi connectivity index (χ1n) is 16.7. The summed E-state index contributed by atoms with van der Waals surface area (Å²) in [6, 6.07) is 13.5. The Morgan fingerprint density at radius 2 is 1.96 bits per heavy atom. The summed E-state index contributed by atoms with van der Waals surface area (Å²) in [5, 5.41) is 11.9. The summed E-state index contributed by atoms with van der Waals surface area (Å²) in [4.78, 5) is 40.8. The molecule has 2 fully saturated rings. The van der Waals surface area contributed by atoms with Gasteiger partial charge in [-0.3, -0.25) is 24.0 Å². The number of amides is 3. The second-order valence-corrected chi connectivity index (χ2v) is 13.1. The molecule has 3 aliphatic rings. The summed E-state index contributed by atoms with van der Waals surface area (Å²) >= 11 is 6.60. The maximum Gasteiger partial charge on any atom is 0.311 e. The number of rotatable bonds is 8. The van der Waals surface area contributed by atoms with Gasteiger partial charge in [-0.15, -0.1) is 0 Å². The molecule has 3 aromatic rings. The molecular formula is C36H42ClN7O4. The fraction of sp³-hybridized carbons (Fsp3) is 0.444. The molecule has 0 aliphatic carbocycles. The van der Waals surface area contributed by atoms with E-state index in [-0.39, 0.29) is 12.5 Å². The molecule has 3 amide bonds. The molecular weight excluding hydrogens is 630 g/mol. The van der Waals surface area contributed by atoms with Crippen molar-refractivity contribution in [3.63, 3.8) is 0 Å². The van der Waals surface area contributed by atoms with Crippen LogP contribution in [0.4, 0.5) is 0 Å². The van der Waals surface area contributed by atoms with Crippen LogP contribution in [0.3, 0.4) is 0 Å². The average Bonchev–Trinajstić information content (AvgIpc) is 3.75. The number of morpholine rings is 1. The van der Waals surface area contributed by atoms with Gasteiger partial charge in [-0.25, -0.2) is 0 Å². The first kappa shape index (κ1) is 33.7. The molecule has 0 radical (unpaired) electrons. The lowest BCUT2D eigenvalue weighted by atomic mass is 9.99. The van der Waals surface area contributed by atoms with Crippen molar-refractivity contribution in [2.45, 2.75) is 57.8 Å². The van der Waals surface area contributed by atoms with Crippen LogP contribution >= 0.6 is 11.6 Å². The standard InChI is InChI=1S/C36H42ClN7O4/c1-24-23-48-19-18-42(24)15-3-16-44-32-13-17-43(36(47)34(38)45)22-30(32)33(41-44)28-11-12-31(37)27(20-28)10-7-25-5-8-26(9-6-25)35(46)40-21-29-4-2-14-39-29/h5-6,8-9,11-12,20,24,29,39H,2-4,13-19,21-23H2,1H3,(H2,38,45)(H,40,46)/t24-,29-/m0/s1. The minimum Gasteiger partial charge on any atom is -0.379 e. The Labute approximate surface area is 286 Å². The van der Waals surface area contributed by atoms with E-state index in [4.69, 9.17) is 27.2 Å². The van der Waals surface area contributed by atoms with E-state index in [0.717, 1.165) is 86.7 Å². The normalized spacial score (nSPS) is 19.3. The molecule has 0 saturated carbocycles. The quantitative estimate of drug-likeness (QED) is 0.248. The Kier molecular flexibility index (Phi) is 10.8.